The Bertz CT molecular complexity index is 179. The van der Waals surface area contributed by atoms with Gasteiger partial charge in [-0.3, -0.25) is 0 Å². The molecule has 0 radical (unpaired) electrons. The number of hydrogen-bond donors (Lipinski definition) is 1. The zero-order chi connectivity index (χ0) is 13.3. The highest BCUT2D eigenvalue weighted by atomic mass is 32.1. The predicted octanol–water partition coefficient (Wildman–Crippen LogP) is 3.00. The van der Waals surface area contributed by atoms with E-state index in [2.05, 4.69) is 57.0 Å². The van der Waals surface area contributed by atoms with E-state index in [1.54, 1.807) is 0 Å². The Kier molecular flexibility index (Phi) is 9.38. The monoisotopic (exact) mass is 260 g/mol. The van der Waals surface area contributed by atoms with Crippen LogP contribution in [0.4, 0.5) is 0 Å². The first-order valence-corrected chi connectivity index (χ1v) is 7.67. The lowest BCUT2D eigenvalue weighted by molar-refractivity contribution is 0.188. The number of rotatable bonds is 10. The molecule has 3 heteroatoms. The molecule has 0 aliphatic carbocycles. The first-order chi connectivity index (χ1) is 7.99. The highest BCUT2D eigenvalue weighted by Gasteiger charge is 2.19. The molecule has 0 aliphatic rings. The lowest BCUT2D eigenvalue weighted by Crippen LogP contribution is -2.37. The van der Waals surface area contributed by atoms with Crippen molar-refractivity contribution < 1.29 is 0 Å². The van der Waals surface area contributed by atoms with Crippen LogP contribution < -0.4 is 0 Å². The summed E-state index contributed by atoms with van der Waals surface area (Å²) in [5.41, 5.74) is 0.328. The summed E-state index contributed by atoms with van der Waals surface area (Å²) in [6, 6.07) is 0. The van der Waals surface area contributed by atoms with Gasteiger partial charge in [0, 0.05) is 6.54 Å². The molecule has 0 unspecified atom stereocenters. The fourth-order valence-electron chi connectivity index (χ4n) is 2.06. The van der Waals surface area contributed by atoms with Crippen molar-refractivity contribution in [2.75, 3.05) is 45.0 Å². The number of hydrogen-bond acceptors (Lipinski definition) is 3. The van der Waals surface area contributed by atoms with Crippen molar-refractivity contribution in [3.63, 3.8) is 0 Å². The fourth-order valence-corrected chi connectivity index (χ4v) is 2.16. The highest BCUT2D eigenvalue weighted by molar-refractivity contribution is 7.80. The molecule has 0 atom stereocenters. The van der Waals surface area contributed by atoms with Gasteiger partial charge in [0.15, 0.2) is 0 Å². The van der Waals surface area contributed by atoms with Crippen molar-refractivity contribution >= 4 is 12.6 Å². The smallest absolute Gasteiger partial charge is 0.00404 e. The third-order valence-corrected chi connectivity index (χ3v) is 4.23. The Morgan fingerprint density at radius 1 is 0.882 bits per heavy atom. The number of nitrogens with zero attached hydrogens (tertiary/aromatic N) is 2. The maximum atomic E-state index is 4.43. The van der Waals surface area contributed by atoms with Gasteiger partial charge >= 0.3 is 0 Å². The first-order valence-electron chi connectivity index (χ1n) is 7.04. The summed E-state index contributed by atoms with van der Waals surface area (Å²) in [6.07, 6.45) is 1.28. The van der Waals surface area contributed by atoms with Gasteiger partial charge in [-0.25, -0.2) is 0 Å². The van der Waals surface area contributed by atoms with Crippen molar-refractivity contribution in [2.45, 2.75) is 41.0 Å². The van der Waals surface area contributed by atoms with Crippen LogP contribution in [0.5, 0.6) is 0 Å². The lowest BCUT2D eigenvalue weighted by Gasteiger charge is -2.31. The Balaban J connectivity index is 3.90. The normalized spacial score (nSPS) is 12.7. The van der Waals surface area contributed by atoms with Crippen molar-refractivity contribution in [1.82, 2.24) is 9.80 Å². The van der Waals surface area contributed by atoms with Crippen LogP contribution in [-0.4, -0.2) is 54.8 Å². The molecule has 17 heavy (non-hydrogen) atoms. The van der Waals surface area contributed by atoms with Gasteiger partial charge in [-0.2, -0.15) is 12.6 Å². The van der Waals surface area contributed by atoms with E-state index in [9.17, 15) is 0 Å². The summed E-state index contributed by atoms with van der Waals surface area (Å²) in [4.78, 5) is 5.05. The molecule has 0 aliphatic heterocycles. The molecule has 0 amide bonds. The maximum Gasteiger partial charge on any atom is 0.00404 e. The average molecular weight is 260 g/mol. The maximum absolute atomic E-state index is 4.43. The Morgan fingerprint density at radius 3 is 1.76 bits per heavy atom. The van der Waals surface area contributed by atoms with Gasteiger partial charge in [0.2, 0.25) is 0 Å². The molecule has 104 valence electrons. The molecule has 0 aromatic rings. The summed E-state index contributed by atoms with van der Waals surface area (Å²) < 4.78 is 0. The zero-order valence-corrected chi connectivity index (χ0v) is 13.4. The van der Waals surface area contributed by atoms with E-state index < -0.39 is 0 Å². The number of thiol groups is 1. The third kappa shape index (κ3) is 8.06. The molecule has 2 nitrogen and oxygen atoms in total. The van der Waals surface area contributed by atoms with E-state index in [-0.39, 0.29) is 0 Å². The molecule has 0 bridgehead atoms. The van der Waals surface area contributed by atoms with Crippen molar-refractivity contribution in [1.29, 1.82) is 0 Å². The summed E-state index contributed by atoms with van der Waals surface area (Å²) in [7, 11) is 0. The van der Waals surface area contributed by atoms with Crippen LogP contribution in [0.25, 0.3) is 0 Å². The van der Waals surface area contributed by atoms with Gasteiger partial charge < -0.3 is 9.80 Å². The summed E-state index contributed by atoms with van der Waals surface area (Å²) >= 11 is 4.43. The van der Waals surface area contributed by atoms with E-state index >= 15 is 0 Å². The van der Waals surface area contributed by atoms with Crippen LogP contribution in [-0.2, 0) is 0 Å². The summed E-state index contributed by atoms with van der Waals surface area (Å²) in [6.45, 7) is 18.4. The Labute approximate surface area is 114 Å². The van der Waals surface area contributed by atoms with Crippen molar-refractivity contribution in [3.05, 3.63) is 0 Å². The molecule has 0 saturated heterocycles. The molecule has 0 saturated carbocycles. The molecular formula is C14H32N2S. The van der Waals surface area contributed by atoms with Crippen LogP contribution in [0.2, 0.25) is 0 Å². The van der Waals surface area contributed by atoms with Crippen LogP contribution in [0.3, 0.4) is 0 Å². The molecule has 0 fully saturated rings. The van der Waals surface area contributed by atoms with Gasteiger partial charge in [-0.1, -0.05) is 34.6 Å². The van der Waals surface area contributed by atoms with Crippen LogP contribution >= 0.6 is 12.6 Å². The lowest BCUT2D eigenvalue weighted by atomic mass is 9.95. The van der Waals surface area contributed by atoms with Crippen LogP contribution in [0, 0.1) is 5.41 Å². The second-order valence-electron chi connectivity index (χ2n) is 5.57. The van der Waals surface area contributed by atoms with Crippen LogP contribution in [0.15, 0.2) is 0 Å². The van der Waals surface area contributed by atoms with E-state index in [0.717, 1.165) is 18.8 Å². The first kappa shape index (κ1) is 17.3. The molecule has 0 heterocycles. The molecule has 0 rings (SSSR count). The molecular weight excluding hydrogens is 228 g/mol. The van der Waals surface area contributed by atoms with E-state index in [1.165, 1.54) is 32.6 Å². The minimum absolute atomic E-state index is 0.328. The molecule has 0 N–H and O–H groups in total. The minimum Gasteiger partial charge on any atom is -0.304 e. The summed E-state index contributed by atoms with van der Waals surface area (Å²) in [5.74, 6) is 0.958. The zero-order valence-electron chi connectivity index (χ0n) is 12.5. The highest BCUT2D eigenvalue weighted by Crippen LogP contribution is 2.18. The van der Waals surface area contributed by atoms with Gasteiger partial charge in [0.1, 0.15) is 0 Å². The predicted molar refractivity (Wildman–Crippen MR) is 82.2 cm³/mol. The van der Waals surface area contributed by atoms with Crippen molar-refractivity contribution in [2.24, 2.45) is 5.41 Å². The van der Waals surface area contributed by atoms with Crippen LogP contribution in [0.1, 0.15) is 41.0 Å². The Hall–Kier alpha value is 0.270. The molecule has 0 spiro atoms. The largest absolute Gasteiger partial charge is 0.304 e. The van der Waals surface area contributed by atoms with Crippen molar-refractivity contribution in [3.8, 4) is 0 Å². The van der Waals surface area contributed by atoms with Gasteiger partial charge in [-0.15, -0.1) is 0 Å². The summed E-state index contributed by atoms with van der Waals surface area (Å²) in [5, 5.41) is 0. The van der Waals surface area contributed by atoms with E-state index in [0.29, 0.717) is 5.41 Å². The van der Waals surface area contributed by atoms with E-state index in [4.69, 9.17) is 0 Å². The topological polar surface area (TPSA) is 6.48 Å². The van der Waals surface area contributed by atoms with E-state index in [1.807, 2.05) is 0 Å². The molecule has 0 aromatic heterocycles. The minimum atomic E-state index is 0.328. The van der Waals surface area contributed by atoms with Gasteiger partial charge in [-0.05, 0) is 50.3 Å². The second kappa shape index (κ2) is 9.23. The quantitative estimate of drug-likeness (QED) is 0.603. The SMILES string of the molecule is CCN(CC)CCCN(CC)CC(C)(C)CS. The van der Waals surface area contributed by atoms with Gasteiger partial charge in [0.05, 0.1) is 0 Å². The second-order valence-corrected chi connectivity index (χ2v) is 5.89. The Morgan fingerprint density at radius 2 is 1.35 bits per heavy atom. The average Bonchev–Trinajstić information content (AvgIpc) is 2.33. The van der Waals surface area contributed by atoms with Gasteiger partial charge in [0.25, 0.3) is 0 Å². The molecule has 0 aromatic carbocycles. The fraction of sp³-hybridized carbons (Fsp3) is 1.00. The third-order valence-electron chi connectivity index (χ3n) is 3.37. The standard InChI is InChI=1S/C14H32N2S/c1-6-15(7-2)10-9-11-16(8-3)12-14(4,5)13-17/h17H,6-13H2,1-5H3.